The molecule has 0 aliphatic carbocycles. The first-order valence-electron chi connectivity index (χ1n) is 6.05. The Kier molecular flexibility index (Phi) is 4.20. The van der Waals surface area contributed by atoms with E-state index in [4.69, 9.17) is 0 Å². The number of halogens is 2. The minimum absolute atomic E-state index is 0.0525. The molecule has 2 nitrogen and oxygen atoms in total. The first-order chi connectivity index (χ1) is 9.04. The summed E-state index contributed by atoms with van der Waals surface area (Å²) in [5.74, 6) is 0.0525. The van der Waals surface area contributed by atoms with Crippen LogP contribution in [0.25, 0.3) is 10.8 Å². The van der Waals surface area contributed by atoms with Crippen LogP contribution in [0.3, 0.4) is 0 Å². The van der Waals surface area contributed by atoms with Crippen molar-refractivity contribution in [3.05, 3.63) is 40.4 Å². The van der Waals surface area contributed by atoms with Gasteiger partial charge in [-0.3, -0.25) is 4.79 Å². The molecule has 2 rings (SSSR count). The van der Waals surface area contributed by atoms with Crippen LogP contribution in [-0.2, 0) is 0 Å². The summed E-state index contributed by atoms with van der Waals surface area (Å²) in [6.07, 6.45) is 0. The summed E-state index contributed by atoms with van der Waals surface area (Å²) >= 11 is 3.57. The quantitative estimate of drug-likeness (QED) is 0.785. The van der Waals surface area contributed by atoms with Crippen molar-refractivity contribution in [2.75, 3.05) is 25.2 Å². The number of ketones is 1. The second kappa shape index (κ2) is 5.70. The highest BCUT2D eigenvalue weighted by Gasteiger charge is 2.10. The molecule has 0 atom stereocenters. The van der Waals surface area contributed by atoms with Gasteiger partial charge in [0.25, 0.3) is 0 Å². The number of fused-ring (bicyclic) bond motifs is 1. The average Bonchev–Trinajstić information content (AvgIpc) is 2.38. The van der Waals surface area contributed by atoms with E-state index in [0.29, 0.717) is 12.1 Å². The third-order valence-electron chi connectivity index (χ3n) is 3.17. The molecule has 0 aromatic heterocycles. The first kappa shape index (κ1) is 14.0. The molecule has 0 saturated carbocycles. The van der Waals surface area contributed by atoms with Crippen molar-refractivity contribution >= 4 is 38.2 Å². The zero-order chi connectivity index (χ0) is 14.0. The summed E-state index contributed by atoms with van der Waals surface area (Å²) in [5, 5.41) is 2.02. The van der Waals surface area contributed by atoms with Gasteiger partial charge in [0, 0.05) is 23.6 Å². The van der Waals surface area contributed by atoms with E-state index in [0.717, 1.165) is 20.9 Å². The third-order valence-corrected chi connectivity index (χ3v) is 4.00. The van der Waals surface area contributed by atoms with E-state index in [1.165, 1.54) is 0 Å². The van der Waals surface area contributed by atoms with Gasteiger partial charge in [0.2, 0.25) is 0 Å². The minimum atomic E-state index is -0.385. The number of rotatable bonds is 4. The van der Waals surface area contributed by atoms with Crippen molar-refractivity contribution in [3.63, 3.8) is 0 Å². The Labute approximate surface area is 120 Å². The molecule has 0 fully saturated rings. The van der Waals surface area contributed by atoms with Gasteiger partial charge in [-0.1, -0.05) is 18.2 Å². The van der Waals surface area contributed by atoms with Gasteiger partial charge >= 0.3 is 0 Å². The molecule has 0 saturated heterocycles. The summed E-state index contributed by atoms with van der Waals surface area (Å²) in [4.78, 5) is 13.2. The van der Waals surface area contributed by atoms with Crippen LogP contribution < -0.4 is 4.90 Å². The Morgan fingerprint density at radius 2 is 2.05 bits per heavy atom. The van der Waals surface area contributed by atoms with Crippen LogP contribution in [0, 0.1) is 0 Å². The van der Waals surface area contributed by atoms with E-state index in [9.17, 15) is 9.18 Å². The fourth-order valence-corrected chi connectivity index (χ4v) is 2.84. The maximum atomic E-state index is 12.4. The highest BCUT2D eigenvalue weighted by atomic mass is 79.9. The summed E-state index contributed by atoms with van der Waals surface area (Å²) in [7, 11) is 1.86. The molecule has 19 heavy (non-hydrogen) atoms. The van der Waals surface area contributed by atoms with Crippen molar-refractivity contribution in [3.8, 4) is 0 Å². The average molecular weight is 324 g/mol. The standard InChI is InChI=1S/C15H15BrFNO/c1-10(19)11-3-5-13-12(9-11)4-6-14(15(13)16)18(2)8-7-17/h3-6,9H,7-8H2,1-2H3. The lowest BCUT2D eigenvalue weighted by molar-refractivity contribution is 0.101. The number of carbonyl (C=O) groups excluding carboxylic acids is 1. The number of anilines is 1. The molecule has 2 aromatic carbocycles. The Morgan fingerprint density at radius 3 is 2.68 bits per heavy atom. The van der Waals surface area contributed by atoms with Gasteiger partial charge in [0.1, 0.15) is 6.67 Å². The lowest BCUT2D eigenvalue weighted by Gasteiger charge is -2.20. The molecule has 2 aromatic rings. The van der Waals surface area contributed by atoms with Gasteiger partial charge < -0.3 is 4.90 Å². The molecule has 0 aliphatic rings. The maximum Gasteiger partial charge on any atom is 0.159 e. The molecule has 0 amide bonds. The fourth-order valence-electron chi connectivity index (χ4n) is 2.04. The predicted molar refractivity (Wildman–Crippen MR) is 80.9 cm³/mol. The van der Waals surface area contributed by atoms with Gasteiger partial charge in [0.05, 0.1) is 5.69 Å². The Balaban J connectivity index is 2.53. The van der Waals surface area contributed by atoms with Crippen LogP contribution in [0.15, 0.2) is 34.8 Å². The molecule has 0 heterocycles. The van der Waals surface area contributed by atoms with Crippen LogP contribution in [0.5, 0.6) is 0 Å². The van der Waals surface area contributed by atoms with Crippen LogP contribution in [0.2, 0.25) is 0 Å². The molecule has 0 spiro atoms. The lowest BCUT2D eigenvalue weighted by atomic mass is 10.0. The lowest BCUT2D eigenvalue weighted by Crippen LogP contribution is -2.20. The number of hydrogen-bond acceptors (Lipinski definition) is 2. The molecule has 4 heteroatoms. The van der Waals surface area contributed by atoms with Crippen molar-refractivity contribution in [1.82, 2.24) is 0 Å². The SMILES string of the molecule is CC(=O)c1ccc2c(Br)c(N(C)CCF)ccc2c1. The normalized spacial score (nSPS) is 10.7. The highest BCUT2D eigenvalue weighted by molar-refractivity contribution is 9.10. The third kappa shape index (κ3) is 2.78. The van der Waals surface area contributed by atoms with Crippen LogP contribution >= 0.6 is 15.9 Å². The molecule has 0 bridgehead atoms. The topological polar surface area (TPSA) is 20.3 Å². The summed E-state index contributed by atoms with van der Waals surface area (Å²) < 4.78 is 13.3. The molecular formula is C15H15BrFNO. The number of benzene rings is 2. The van der Waals surface area contributed by atoms with Crippen molar-refractivity contribution in [2.45, 2.75) is 6.92 Å². The molecule has 0 N–H and O–H groups in total. The number of hydrogen-bond donors (Lipinski definition) is 0. The highest BCUT2D eigenvalue weighted by Crippen LogP contribution is 2.33. The van der Waals surface area contributed by atoms with E-state index >= 15 is 0 Å². The second-order valence-electron chi connectivity index (χ2n) is 4.50. The smallest absolute Gasteiger partial charge is 0.159 e. The van der Waals surface area contributed by atoms with Crippen molar-refractivity contribution in [2.24, 2.45) is 0 Å². The maximum absolute atomic E-state index is 12.4. The van der Waals surface area contributed by atoms with Gasteiger partial charge in [0.15, 0.2) is 5.78 Å². The number of carbonyl (C=O) groups is 1. The number of alkyl halides is 1. The van der Waals surface area contributed by atoms with E-state index in [2.05, 4.69) is 15.9 Å². The van der Waals surface area contributed by atoms with Crippen LogP contribution in [-0.4, -0.2) is 26.1 Å². The summed E-state index contributed by atoms with van der Waals surface area (Å²) in [5.41, 5.74) is 1.64. The van der Waals surface area contributed by atoms with E-state index < -0.39 is 0 Å². The predicted octanol–water partition coefficient (Wildman–Crippen LogP) is 4.21. The molecule has 0 unspecified atom stereocenters. The zero-order valence-electron chi connectivity index (χ0n) is 10.9. The summed E-state index contributed by atoms with van der Waals surface area (Å²) in [6, 6.07) is 9.50. The minimum Gasteiger partial charge on any atom is -0.371 e. The molecule has 0 aliphatic heterocycles. The van der Waals surface area contributed by atoms with Gasteiger partial charge in [-0.25, -0.2) is 4.39 Å². The monoisotopic (exact) mass is 323 g/mol. The Hall–Kier alpha value is -1.42. The van der Waals surface area contributed by atoms with Crippen molar-refractivity contribution in [1.29, 1.82) is 0 Å². The molecular weight excluding hydrogens is 309 g/mol. The molecule has 100 valence electrons. The second-order valence-corrected chi connectivity index (χ2v) is 5.29. The van der Waals surface area contributed by atoms with Gasteiger partial charge in [-0.15, -0.1) is 0 Å². The zero-order valence-corrected chi connectivity index (χ0v) is 12.5. The van der Waals surface area contributed by atoms with E-state index in [-0.39, 0.29) is 12.5 Å². The van der Waals surface area contributed by atoms with E-state index in [1.807, 2.05) is 42.3 Å². The summed E-state index contributed by atoms with van der Waals surface area (Å²) in [6.45, 7) is 1.53. The Morgan fingerprint density at radius 1 is 1.32 bits per heavy atom. The van der Waals surface area contributed by atoms with Crippen LogP contribution in [0.1, 0.15) is 17.3 Å². The number of nitrogens with zero attached hydrogens (tertiary/aromatic N) is 1. The van der Waals surface area contributed by atoms with Gasteiger partial charge in [-0.05, 0) is 45.8 Å². The van der Waals surface area contributed by atoms with E-state index in [1.54, 1.807) is 6.92 Å². The number of Topliss-reactive ketones (excluding diaryl/α,β-unsaturated/α-hetero) is 1. The Bertz CT molecular complexity index is 627. The van der Waals surface area contributed by atoms with Crippen LogP contribution in [0.4, 0.5) is 10.1 Å². The molecule has 0 radical (unpaired) electrons. The van der Waals surface area contributed by atoms with Gasteiger partial charge in [-0.2, -0.15) is 0 Å². The van der Waals surface area contributed by atoms with Crippen molar-refractivity contribution < 1.29 is 9.18 Å². The fraction of sp³-hybridized carbons (Fsp3) is 0.267. The largest absolute Gasteiger partial charge is 0.371 e. The first-order valence-corrected chi connectivity index (χ1v) is 6.84.